The van der Waals surface area contributed by atoms with Crippen molar-refractivity contribution in [1.82, 2.24) is 0 Å². The number of rotatable bonds is 4. The summed E-state index contributed by atoms with van der Waals surface area (Å²) < 4.78 is 38.0. The lowest BCUT2D eigenvalue weighted by atomic mass is 10.1. The van der Waals surface area contributed by atoms with Gasteiger partial charge in [-0.05, 0) is 31.9 Å². The van der Waals surface area contributed by atoms with Gasteiger partial charge in [0.2, 0.25) is 0 Å². The van der Waals surface area contributed by atoms with E-state index in [0.717, 1.165) is 18.4 Å². The Balaban J connectivity index is 2.39. The Morgan fingerprint density at radius 3 is 2.53 bits per heavy atom. The van der Waals surface area contributed by atoms with Crippen LogP contribution in [0.15, 0.2) is 18.2 Å². The van der Waals surface area contributed by atoms with Crippen LogP contribution in [0.4, 0.5) is 18.9 Å². The topological polar surface area (TPSA) is 53.1 Å². The smallest absolute Gasteiger partial charge is 0.384 e. The lowest BCUT2D eigenvalue weighted by molar-refractivity contribution is -0.120. The van der Waals surface area contributed by atoms with Crippen LogP contribution >= 0.6 is 0 Å². The zero-order valence-electron chi connectivity index (χ0n) is 10.6. The van der Waals surface area contributed by atoms with E-state index in [9.17, 15) is 13.2 Å². The number of hydrogen-bond acceptors (Lipinski definition) is 2. The van der Waals surface area contributed by atoms with Crippen LogP contribution in [0.25, 0.3) is 0 Å². The molecule has 19 heavy (non-hydrogen) atoms. The highest BCUT2D eigenvalue weighted by Gasteiger charge is 2.39. The Morgan fingerprint density at radius 2 is 2.05 bits per heavy atom. The quantitative estimate of drug-likeness (QED) is 0.653. The molecular weight excluding hydrogens is 255 g/mol. The molecular formula is C13H16F3N3. The Kier molecular flexibility index (Phi) is 3.43. The van der Waals surface area contributed by atoms with Gasteiger partial charge in [-0.2, -0.15) is 13.2 Å². The Hall–Kier alpha value is -1.72. The summed E-state index contributed by atoms with van der Waals surface area (Å²) in [6.45, 7) is 0.822. The highest BCUT2D eigenvalue weighted by Crippen LogP contribution is 2.36. The number of nitrogens with two attached hydrogens (primary N) is 1. The third kappa shape index (κ3) is 3.39. The van der Waals surface area contributed by atoms with E-state index in [1.54, 1.807) is 18.2 Å². The van der Waals surface area contributed by atoms with Gasteiger partial charge in [0, 0.05) is 17.3 Å². The molecule has 0 saturated heterocycles. The molecule has 0 unspecified atom stereocenters. The lowest BCUT2D eigenvalue weighted by Crippen LogP contribution is -2.37. The molecule has 0 amide bonds. The lowest BCUT2D eigenvalue weighted by Gasteiger charge is -2.28. The van der Waals surface area contributed by atoms with Crippen LogP contribution in [-0.4, -0.2) is 24.6 Å². The van der Waals surface area contributed by atoms with Gasteiger partial charge in [0.25, 0.3) is 0 Å². The maximum Gasteiger partial charge on any atom is 0.405 e. The van der Waals surface area contributed by atoms with Crippen LogP contribution in [0.2, 0.25) is 0 Å². The van der Waals surface area contributed by atoms with Crippen molar-refractivity contribution in [3.63, 3.8) is 0 Å². The molecule has 1 fully saturated rings. The number of hydrogen-bond donors (Lipinski definition) is 2. The molecule has 3 N–H and O–H groups in total. The van der Waals surface area contributed by atoms with Crippen molar-refractivity contribution in [2.45, 2.75) is 32.0 Å². The summed E-state index contributed by atoms with van der Waals surface area (Å²) in [5.74, 6) is -0.202. The number of alkyl halides is 3. The van der Waals surface area contributed by atoms with E-state index >= 15 is 0 Å². The molecule has 0 aliphatic heterocycles. The maximum absolute atomic E-state index is 12.7. The number of anilines is 1. The number of amidine groups is 1. The fourth-order valence-electron chi connectivity index (χ4n) is 2.11. The minimum Gasteiger partial charge on any atom is -0.384 e. The molecule has 2 rings (SSSR count). The molecule has 1 saturated carbocycles. The fraction of sp³-hybridized carbons (Fsp3) is 0.462. The van der Waals surface area contributed by atoms with Crippen LogP contribution in [-0.2, 0) is 0 Å². The molecule has 0 spiro atoms. The summed E-state index contributed by atoms with van der Waals surface area (Å²) in [4.78, 5) is 1.32. The van der Waals surface area contributed by atoms with Gasteiger partial charge in [-0.15, -0.1) is 0 Å². The van der Waals surface area contributed by atoms with E-state index in [1.165, 1.54) is 4.90 Å². The highest BCUT2D eigenvalue weighted by molar-refractivity contribution is 6.00. The van der Waals surface area contributed by atoms with Gasteiger partial charge in [-0.25, -0.2) is 0 Å². The fourth-order valence-corrected chi connectivity index (χ4v) is 2.11. The molecule has 0 atom stereocenters. The van der Waals surface area contributed by atoms with Crippen LogP contribution in [0.3, 0.4) is 0 Å². The van der Waals surface area contributed by atoms with E-state index in [0.29, 0.717) is 11.3 Å². The minimum atomic E-state index is -4.26. The van der Waals surface area contributed by atoms with Crippen LogP contribution in [0, 0.1) is 12.3 Å². The Labute approximate surface area is 109 Å². The van der Waals surface area contributed by atoms with Crippen molar-refractivity contribution >= 4 is 11.5 Å². The van der Waals surface area contributed by atoms with E-state index in [1.807, 2.05) is 6.92 Å². The number of benzene rings is 1. The van der Waals surface area contributed by atoms with E-state index in [4.69, 9.17) is 11.1 Å². The van der Waals surface area contributed by atoms with E-state index < -0.39 is 12.7 Å². The predicted octanol–water partition coefficient (Wildman–Crippen LogP) is 2.81. The normalized spacial score (nSPS) is 15.4. The monoisotopic (exact) mass is 271 g/mol. The van der Waals surface area contributed by atoms with Crippen molar-refractivity contribution in [2.75, 3.05) is 11.4 Å². The second kappa shape index (κ2) is 4.75. The van der Waals surface area contributed by atoms with Gasteiger partial charge >= 0.3 is 6.18 Å². The Morgan fingerprint density at radius 1 is 1.42 bits per heavy atom. The standard InChI is InChI=1S/C13H16F3N3/c1-8-2-5-11(10(6-8)12(17)18)19(9-3-4-9)7-13(14,15)16/h2,5-6,9H,3-4,7H2,1H3,(H3,17,18). The zero-order valence-corrected chi connectivity index (χ0v) is 10.6. The average Bonchev–Trinajstić information content (AvgIpc) is 3.08. The number of nitrogens with one attached hydrogen (secondary N) is 1. The molecule has 3 nitrogen and oxygen atoms in total. The summed E-state index contributed by atoms with van der Waals surface area (Å²) in [6.07, 6.45) is -2.76. The highest BCUT2D eigenvalue weighted by atomic mass is 19.4. The first-order chi connectivity index (χ1) is 8.78. The summed E-state index contributed by atoms with van der Waals surface area (Å²) in [5, 5.41) is 7.53. The number of nitrogens with zero attached hydrogens (tertiary/aromatic N) is 1. The number of nitrogen functional groups attached to an aromatic ring is 1. The van der Waals surface area contributed by atoms with Gasteiger partial charge in [-0.1, -0.05) is 11.6 Å². The molecule has 0 radical (unpaired) electrons. The van der Waals surface area contributed by atoms with Crippen molar-refractivity contribution < 1.29 is 13.2 Å². The van der Waals surface area contributed by atoms with Crippen molar-refractivity contribution in [3.05, 3.63) is 29.3 Å². The summed E-state index contributed by atoms with van der Waals surface area (Å²) in [6, 6.07) is 4.93. The van der Waals surface area contributed by atoms with Crippen molar-refractivity contribution in [3.8, 4) is 0 Å². The summed E-state index contributed by atoms with van der Waals surface area (Å²) >= 11 is 0. The average molecular weight is 271 g/mol. The molecule has 0 aromatic heterocycles. The first-order valence-corrected chi connectivity index (χ1v) is 6.06. The first-order valence-electron chi connectivity index (χ1n) is 6.06. The molecule has 1 aliphatic rings. The summed E-state index contributed by atoms with van der Waals surface area (Å²) in [5.41, 5.74) is 7.13. The van der Waals surface area contributed by atoms with Crippen LogP contribution in [0.5, 0.6) is 0 Å². The minimum absolute atomic E-state index is 0.0950. The van der Waals surface area contributed by atoms with Crippen LogP contribution < -0.4 is 10.6 Å². The Bertz CT molecular complexity index is 492. The molecule has 104 valence electrons. The second-order valence-electron chi connectivity index (χ2n) is 4.91. The van der Waals surface area contributed by atoms with Gasteiger partial charge in [0.1, 0.15) is 12.4 Å². The van der Waals surface area contributed by atoms with Crippen LogP contribution in [0.1, 0.15) is 24.0 Å². The van der Waals surface area contributed by atoms with Gasteiger partial charge in [0.15, 0.2) is 0 Å². The molecule has 1 aromatic carbocycles. The van der Waals surface area contributed by atoms with Gasteiger partial charge in [-0.3, -0.25) is 5.41 Å². The molecule has 1 aromatic rings. The third-order valence-corrected chi connectivity index (χ3v) is 3.09. The number of halogens is 3. The third-order valence-electron chi connectivity index (χ3n) is 3.09. The maximum atomic E-state index is 12.7. The second-order valence-corrected chi connectivity index (χ2v) is 4.91. The van der Waals surface area contributed by atoms with Crippen molar-refractivity contribution in [2.24, 2.45) is 5.73 Å². The molecule has 1 aliphatic carbocycles. The zero-order chi connectivity index (χ0) is 14.2. The predicted molar refractivity (Wildman–Crippen MR) is 68.6 cm³/mol. The molecule has 0 bridgehead atoms. The van der Waals surface area contributed by atoms with Gasteiger partial charge in [0.05, 0.1) is 0 Å². The van der Waals surface area contributed by atoms with Crippen molar-refractivity contribution in [1.29, 1.82) is 5.41 Å². The molecule has 6 heteroatoms. The molecule has 0 heterocycles. The van der Waals surface area contributed by atoms with E-state index in [2.05, 4.69) is 0 Å². The number of aryl methyl sites for hydroxylation is 1. The van der Waals surface area contributed by atoms with E-state index in [-0.39, 0.29) is 11.9 Å². The van der Waals surface area contributed by atoms with Gasteiger partial charge < -0.3 is 10.6 Å². The SMILES string of the molecule is Cc1ccc(N(CC(F)(F)F)C2CC2)c(C(=N)N)c1. The largest absolute Gasteiger partial charge is 0.405 e. The first kappa shape index (κ1) is 13.7. The summed E-state index contributed by atoms with van der Waals surface area (Å²) in [7, 11) is 0.